The van der Waals surface area contributed by atoms with Gasteiger partial charge in [-0.25, -0.2) is 4.98 Å². The fourth-order valence-electron chi connectivity index (χ4n) is 7.34. The summed E-state index contributed by atoms with van der Waals surface area (Å²) >= 11 is 0. The second kappa shape index (κ2) is 11.9. The quantitative estimate of drug-likeness (QED) is 0.281. The Morgan fingerprint density at radius 1 is 1.07 bits per heavy atom. The molecule has 0 radical (unpaired) electrons. The second-order valence-electron chi connectivity index (χ2n) is 12.0. The lowest BCUT2D eigenvalue weighted by molar-refractivity contribution is -0.137. The predicted molar refractivity (Wildman–Crippen MR) is 151 cm³/mol. The molecule has 1 unspecified atom stereocenters. The minimum Gasteiger partial charge on any atom is -0.353 e. The zero-order valence-electron chi connectivity index (χ0n) is 23.9. The number of rotatable bonds is 11. The van der Waals surface area contributed by atoms with Crippen LogP contribution in [0, 0.1) is 17.8 Å². The Balaban J connectivity index is 1.26. The number of Topliss-reactive ketones (excluding diaryl/α,β-unsaturated/α-hetero) is 1. The van der Waals surface area contributed by atoms with Gasteiger partial charge in [0.05, 0.1) is 12.5 Å². The average Bonchev–Trinajstić information content (AvgIpc) is 3.37. The lowest BCUT2D eigenvalue weighted by Gasteiger charge is -2.56. The Labute approximate surface area is 242 Å². The van der Waals surface area contributed by atoms with Crippen LogP contribution in [0.25, 0.3) is 0 Å². The fraction of sp³-hybridized carbons (Fsp3) is 0.552. The van der Waals surface area contributed by atoms with Crippen LogP contribution in [0.1, 0.15) is 61.9 Å². The molecule has 1 atom stereocenters. The van der Waals surface area contributed by atoms with Gasteiger partial charge in [-0.3, -0.25) is 28.8 Å². The molecule has 0 spiro atoms. The lowest BCUT2D eigenvalue weighted by Crippen LogP contribution is -2.60. The average molecular weight is 580 g/mol. The summed E-state index contributed by atoms with van der Waals surface area (Å²) in [5.41, 5.74) is -0.670. The van der Waals surface area contributed by atoms with Crippen molar-refractivity contribution in [2.75, 3.05) is 12.4 Å². The van der Waals surface area contributed by atoms with Crippen LogP contribution in [0.3, 0.4) is 0 Å². The van der Waals surface area contributed by atoms with Gasteiger partial charge in [-0.05, 0) is 74.8 Å². The van der Waals surface area contributed by atoms with Crippen LogP contribution >= 0.6 is 0 Å². The number of carbonyl (C=O) groups excluding carboxylic acids is 5. The highest BCUT2D eigenvalue weighted by Gasteiger charge is 2.51. The molecule has 2 heterocycles. The SMILES string of the molecule is CNC(=O)C(=O)CCC(NC(=O)c1cncn1C)C(=O)Nc1cccn(CC(=O)NC23CC4CC(CC(C4)C2)C3)c1=O. The normalized spacial score (nSPS) is 24.5. The van der Waals surface area contributed by atoms with Crippen molar-refractivity contribution in [3.63, 3.8) is 0 Å². The van der Waals surface area contributed by atoms with Crippen LogP contribution < -0.4 is 26.8 Å². The van der Waals surface area contributed by atoms with Gasteiger partial charge < -0.3 is 30.4 Å². The molecule has 13 heteroatoms. The number of amides is 4. The molecule has 2 aromatic rings. The molecule has 4 N–H and O–H groups in total. The summed E-state index contributed by atoms with van der Waals surface area (Å²) in [5, 5.41) is 10.6. The smallest absolute Gasteiger partial charge is 0.287 e. The van der Waals surface area contributed by atoms with Crippen molar-refractivity contribution < 1.29 is 24.0 Å². The molecule has 4 fully saturated rings. The Morgan fingerprint density at radius 2 is 1.74 bits per heavy atom. The molecule has 4 aliphatic carbocycles. The number of imidazole rings is 1. The zero-order chi connectivity index (χ0) is 30.0. The Morgan fingerprint density at radius 3 is 2.33 bits per heavy atom. The van der Waals surface area contributed by atoms with Crippen LogP contribution in [0.15, 0.2) is 35.6 Å². The number of hydrogen-bond donors (Lipinski definition) is 4. The number of anilines is 1. The molecule has 2 aromatic heterocycles. The highest BCUT2D eigenvalue weighted by atomic mass is 16.2. The first-order chi connectivity index (χ1) is 20.1. The van der Waals surface area contributed by atoms with E-state index >= 15 is 0 Å². The molecule has 13 nitrogen and oxygen atoms in total. The number of hydrogen-bond acceptors (Lipinski definition) is 7. The molecular weight excluding hydrogens is 542 g/mol. The van der Waals surface area contributed by atoms with Gasteiger partial charge in [0.25, 0.3) is 17.4 Å². The van der Waals surface area contributed by atoms with Gasteiger partial charge in [0.2, 0.25) is 17.6 Å². The van der Waals surface area contributed by atoms with Gasteiger partial charge in [-0.15, -0.1) is 0 Å². The molecule has 42 heavy (non-hydrogen) atoms. The van der Waals surface area contributed by atoms with Gasteiger partial charge in [-0.1, -0.05) is 0 Å². The monoisotopic (exact) mass is 579 g/mol. The van der Waals surface area contributed by atoms with Crippen LogP contribution in [0.2, 0.25) is 0 Å². The number of carbonyl (C=O) groups is 5. The summed E-state index contributed by atoms with van der Waals surface area (Å²) in [6.45, 7) is -0.189. The lowest BCUT2D eigenvalue weighted by atomic mass is 9.53. The van der Waals surface area contributed by atoms with E-state index < -0.39 is 35.1 Å². The zero-order valence-corrected chi connectivity index (χ0v) is 23.9. The van der Waals surface area contributed by atoms with Crippen molar-refractivity contribution in [2.24, 2.45) is 24.8 Å². The number of aromatic nitrogens is 3. The van der Waals surface area contributed by atoms with Crippen molar-refractivity contribution in [1.82, 2.24) is 30.1 Å². The van der Waals surface area contributed by atoms with Crippen molar-refractivity contribution in [1.29, 1.82) is 0 Å². The van der Waals surface area contributed by atoms with E-state index in [9.17, 15) is 28.8 Å². The molecule has 0 aromatic carbocycles. The Bertz CT molecular complexity index is 1420. The highest BCUT2D eigenvalue weighted by molar-refractivity contribution is 6.36. The second-order valence-corrected chi connectivity index (χ2v) is 12.0. The van der Waals surface area contributed by atoms with Gasteiger partial charge in [0.1, 0.15) is 24.0 Å². The largest absolute Gasteiger partial charge is 0.353 e. The molecule has 4 aliphatic rings. The van der Waals surface area contributed by atoms with Crippen LogP contribution in [-0.4, -0.2) is 62.2 Å². The van der Waals surface area contributed by atoms with Crippen LogP contribution in [0.4, 0.5) is 5.69 Å². The van der Waals surface area contributed by atoms with E-state index in [1.165, 1.54) is 60.2 Å². The predicted octanol–water partition coefficient (Wildman–Crippen LogP) is 0.499. The summed E-state index contributed by atoms with van der Waals surface area (Å²) in [7, 11) is 2.93. The van der Waals surface area contributed by atoms with Crippen LogP contribution in [-0.2, 0) is 32.8 Å². The van der Waals surface area contributed by atoms with E-state index in [0.717, 1.165) is 19.3 Å². The van der Waals surface area contributed by atoms with E-state index in [1.54, 1.807) is 13.1 Å². The molecule has 6 rings (SSSR count). The molecule has 4 bridgehead atoms. The first-order valence-corrected chi connectivity index (χ1v) is 14.4. The number of nitrogens with one attached hydrogen (secondary N) is 4. The standard InChI is InChI=1S/C29H37N7O6/c1-30-27(41)23(37)6-5-20(32-26(40)22-14-31-16-35(22)2)25(39)33-21-4-3-7-36(28(21)42)15-24(38)34-29-11-17-8-18(12-29)10-19(9-17)13-29/h3-4,7,14,16-20H,5-6,8-13,15H2,1-2H3,(H,30,41)(H,32,40)(H,33,39)(H,34,38). The third kappa shape index (κ3) is 6.29. The minimum absolute atomic E-state index is 0.0810. The van der Waals surface area contributed by atoms with Crippen LogP contribution in [0.5, 0.6) is 0 Å². The molecule has 224 valence electrons. The van der Waals surface area contributed by atoms with E-state index in [4.69, 9.17) is 0 Å². The van der Waals surface area contributed by atoms with Crippen molar-refractivity contribution >= 4 is 35.1 Å². The van der Waals surface area contributed by atoms with Gasteiger partial charge >= 0.3 is 0 Å². The van der Waals surface area contributed by atoms with E-state index in [0.29, 0.717) is 17.8 Å². The van der Waals surface area contributed by atoms with E-state index in [2.05, 4.69) is 26.3 Å². The summed E-state index contributed by atoms with van der Waals surface area (Å²) in [5.74, 6) is -1.18. The maximum absolute atomic E-state index is 13.3. The van der Waals surface area contributed by atoms with Crippen molar-refractivity contribution in [3.8, 4) is 0 Å². The molecule has 4 saturated carbocycles. The van der Waals surface area contributed by atoms with E-state index in [-0.39, 0.29) is 42.2 Å². The first kappa shape index (κ1) is 29.2. The number of nitrogens with zero attached hydrogens (tertiary/aromatic N) is 3. The maximum atomic E-state index is 13.3. The van der Waals surface area contributed by atoms with Gasteiger partial charge in [-0.2, -0.15) is 0 Å². The Hall–Kier alpha value is -4.29. The number of likely N-dealkylation sites (N-methyl/N-ethyl adjacent to an activating group) is 1. The van der Waals surface area contributed by atoms with Crippen molar-refractivity contribution in [3.05, 3.63) is 46.9 Å². The molecule has 0 aliphatic heterocycles. The van der Waals surface area contributed by atoms with E-state index in [1.807, 2.05) is 0 Å². The third-order valence-electron chi connectivity index (χ3n) is 8.85. The minimum atomic E-state index is -1.24. The topological polar surface area (TPSA) is 173 Å². The summed E-state index contributed by atoms with van der Waals surface area (Å²) < 4.78 is 2.70. The molecule has 0 saturated heterocycles. The van der Waals surface area contributed by atoms with Crippen molar-refractivity contribution in [2.45, 2.75) is 69.5 Å². The third-order valence-corrected chi connectivity index (χ3v) is 8.85. The highest BCUT2D eigenvalue weighted by Crippen LogP contribution is 2.55. The number of aryl methyl sites for hydroxylation is 1. The number of ketones is 1. The fourth-order valence-corrected chi connectivity index (χ4v) is 7.34. The summed E-state index contributed by atoms with van der Waals surface area (Å²) in [6.07, 6.45) is 10.5. The summed E-state index contributed by atoms with van der Waals surface area (Å²) in [6, 6.07) is 1.71. The molecular formula is C29H37N7O6. The van der Waals surface area contributed by atoms with Gasteiger partial charge in [0, 0.05) is 32.3 Å². The number of pyridine rings is 1. The summed E-state index contributed by atoms with van der Waals surface area (Å²) in [4.78, 5) is 80.1. The Kier molecular flexibility index (Phi) is 8.28. The molecule has 4 amide bonds. The maximum Gasteiger partial charge on any atom is 0.287 e. The first-order valence-electron chi connectivity index (χ1n) is 14.4. The van der Waals surface area contributed by atoms with Gasteiger partial charge in [0.15, 0.2) is 0 Å².